The summed E-state index contributed by atoms with van der Waals surface area (Å²) in [6, 6.07) is 6.24. The van der Waals surface area contributed by atoms with Gasteiger partial charge in [0.05, 0.1) is 6.61 Å². The summed E-state index contributed by atoms with van der Waals surface area (Å²) in [5, 5.41) is 3.02. The molecule has 118 valence electrons. The van der Waals surface area contributed by atoms with Crippen LogP contribution in [0.5, 0.6) is 0 Å². The van der Waals surface area contributed by atoms with E-state index in [0.29, 0.717) is 19.1 Å². The van der Waals surface area contributed by atoms with Gasteiger partial charge in [0.25, 0.3) is 5.91 Å². The highest BCUT2D eigenvalue weighted by Gasteiger charge is 2.78. The summed E-state index contributed by atoms with van der Waals surface area (Å²) in [7, 11) is 0. The van der Waals surface area contributed by atoms with Gasteiger partial charge in [0.2, 0.25) is 0 Å². The van der Waals surface area contributed by atoms with E-state index in [9.17, 15) is 9.18 Å². The molecule has 4 unspecified atom stereocenters. The number of amides is 1. The molecule has 0 spiro atoms. The van der Waals surface area contributed by atoms with Crippen LogP contribution in [0.2, 0.25) is 0 Å². The Bertz CT molecular complexity index is 630. The third kappa shape index (κ3) is 1.51. The van der Waals surface area contributed by atoms with Crippen molar-refractivity contribution in [2.45, 2.75) is 45.3 Å². The van der Waals surface area contributed by atoms with E-state index in [1.54, 1.807) is 12.1 Å². The Kier molecular flexibility index (Phi) is 2.78. The van der Waals surface area contributed by atoms with Gasteiger partial charge in [0.1, 0.15) is 5.82 Å². The fraction of sp³-hybridized carbons (Fsp3) is 0.611. The Balaban J connectivity index is 1.53. The van der Waals surface area contributed by atoms with E-state index in [-0.39, 0.29) is 22.6 Å². The van der Waals surface area contributed by atoms with Gasteiger partial charge in [-0.15, -0.1) is 0 Å². The van der Waals surface area contributed by atoms with Crippen molar-refractivity contribution in [1.29, 1.82) is 0 Å². The molecule has 1 amide bonds. The quantitative estimate of drug-likeness (QED) is 0.932. The molecular weight excluding hydrogens is 281 g/mol. The van der Waals surface area contributed by atoms with Gasteiger partial charge in [0.15, 0.2) is 5.60 Å². The van der Waals surface area contributed by atoms with Crippen molar-refractivity contribution in [2.75, 3.05) is 6.61 Å². The maximum atomic E-state index is 12.9. The highest BCUT2D eigenvalue weighted by molar-refractivity contribution is 5.88. The van der Waals surface area contributed by atoms with Crippen LogP contribution >= 0.6 is 0 Å². The zero-order valence-electron chi connectivity index (χ0n) is 13.1. The van der Waals surface area contributed by atoms with Crippen LogP contribution in [-0.4, -0.2) is 18.1 Å². The molecule has 1 aromatic carbocycles. The average Bonchev–Trinajstić information content (AvgIpc) is 2.98. The molecule has 1 heterocycles. The smallest absolute Gasteiger partial charge is 0.253 e. The maximum Gasteiger partial charge on any atom is 0.253 e. The number of nitrogens with one attached hydrogen (secondary N) is 1. The van der Waals surface area contributed by atoms with Crippen molar-refractivity contribution >= 4 is 5.91 Å². The lowest BCUT2D eigenvalue weighted by Crippen LogP contribution is -2.55. The Morgan fingerprint density at radius 1 is 1.36 bits per heavy atom. The van der Waals surface area contributed by atoms with Crippen LogP contribution in [0.1, 0.15) is 38.7 Å². The molecule has 3 fully saturated rings. The zero-order valence-corrected chi connectivity index (χ0v) is 13.1. The summed E-state index contributed by atoms with van der Waals surface area (Å²) in [5.74, 6) is 0.345. The van der Waals surface area contributed by atoms with E-state index in [4.69, 9.17) is 4.74 Å². The second kappa shape index (κ2) is 4.31. The molecule has 2 aliphatic carbocycles. The van der Waals surface area contributed by atoms with Gasteiger partial charge < -0.3 is 10.1 Å². The lowest BCUT2D eigenvalue weighted by Gasteiger charge is -2.40. The van der Waals surface area contributed by atoms with Crippen LogP contribution < -0.4 is 5.32 Å². The van der Waals surface area contributed by atoms with Crippen molar-refractivity contribution < 1.29 is 13.9 Å². The number of halogens is 1. The van der Waals surface area contributed by atoms with Gasteiger partial charge in [-0.25, -0.2) is 4.39 Å². The molecule has 4 bridgehead atoms. The van der Waals surface area contributed by atoms with Crippen molar-refractivity contribution in [3.63, 3.8) is 0 Å². The molecule has 3 aliphatic rings. The predicted molar refractivity (Wildman–Crippen MR) is 80.5 cm³/mol. The van der Waals surface area contributed by atoms with Gasteiger partial charge in [-0.3, -0.25) is 4.79 Å². The summed E-state index contributed by atoms with van der Waals surface area (Å²) in [6.45, 7) is 5.62. The molecule has 3 nitrogen and oxygen atoms in total. The van der Waals surface area contributed by atoms with E-state index in [0.717, 1.165) is 18.4 Å². The third-order valence-corrected chi connectivity index (χ3v) is 6.93. The Hall–Kier alpha value is -1.42. The van der Waals surface area contributed by atoms with Crippen LogP contribution in [0.4, 0.5) is 4.39 Å². The molecule has 0 aromatic heterocycles. The van der Waals surface area contributed by atoms with Crippen molar-refractivity contribution in [2.24, 2.45) is 16.7 Å². The molecule has 4 rings (SSSR count). The summed E-state index contributed by atoms with van der Waals surface area (Å²) < 4.78 is 19.0. The standard InChI is InChI=1S/C18H22FNO2/c1-16-11-22-18(9-13(16)7-8-17(16,18)2)15(21)20-10-12-3-5-14(19)6-4-12/h3-6,13H,7-11H2,1-2H3,(H,20,21). The third-order valence-electron chi connectivity index (χ3n) is 6.93. The van der Waals surface area contributed by atoms with E-state index < -0.39 is 5.60 Å². The molecular formula is C18H22FNO2. The number of carbonyl (C=O) groups is 1. The molecule has 1 N–H and O–H groups in total. The van der Waals surface area contributed by atoms with E-state index in [2.05, 4.69) is 19.2 Å². The lowest BCUT2D eigenvalue weighted by molar-refractivity contribution is -0.155. The molecule has 1 saturated heterocycles. The first-order chi connectivity index (χ1) is 10.4. The Morgan fingerprint density at radius 3 is 2.73 bits per heavy atom. The first-order valence-electron chi connectivity index (χ1n) is 8.08. The number of rotatable bonds is 3. The van der Waals surface area contributed by atoms with Gasteiger partial charge in [-0.2, -0.15) is 0 Å². The monoisotopic (exact) mass is 303 g/mol. The second-order valence-corrected chi connectivity index (χ2v) is 7.61. The number of hydrogen-bond acceptors (Lipinski definition) is 2. The van der Waals surface area contributed by atoms with E-state index in [1.165, 1.54) is 18.6 Å². The molecule has 22 heavy (non-hydrogen) atoms. The number of ether oxygens (including phenoxy) is 1. The molecule has 1 aromatic rings. The number of benzene rings is 1. The second-order valence-electron chi connectivity index (χ2n) is 7.61. The van der Waals surface area contributed by atoms with Crippen LogP contribution in [0.3, 0.4) is 0 Å². The first kappa shape index (κ1) is 14.2. The molecule has 2 saturated carbocycles. The SMILES string of the molecule is CC12COC3(C(=O)NCc4ccc(F)cc4)CC1CCC32C. The topological polar surface area (TPSA) is 38.3 Å². The van der Waals surface area contributed by atoms with E-state index >= 15 is 0 Å². The van der Waals surface area contributed by atoms with Crippen molar-refractivity contribution in [1.82, 2.24) is 5.32 Å². The number of carbonyl (C=O) groups excluding carboxylic acids is 1. The predicted octanol–water partition coefficient (Wildman–Crippen LogP) is 3.04. The average molecular weight is 303 g/mol. The van der Waals surface area contributed by atoms with Crippen molar-refractivity contribution in [3.05, 3.63) is 35.6 Å². The van der Waals surface area contributed by atoms with Crippen LogP contribution in [0, 0.1) is 22.6 Å². The Morgan fingerprint density at radius 2 is 2.09 bits per heavy atom. The highest BCUT2D eigenvalue weighted by atomic mass is 19.1. The van der Waals surface area contributed by atoms with Gasteiger partial charge in [0, 0.05) is 17.4 Å². The van der Waals surface area contributed by atoms with Crippen LogP contribution in [0.15, 0.2) is 24.3 Å². The zero-order chi connectivity index (χ0) is 15.6. The molecule has 4 atom stereocenters. The van der Waals surface area contributed by atoms with E-state index in [1.807, 2.05) is 0 Å². The van der Waals surface area contributed by atoms with Crippen molar-refractivity contribution in [3.8, 4) is 0 Å². The summed E-state index contributed by atoms with van der Waals surface area (Å²) >= 11 is 0. The van der Waals surface area contributed by atoms with Gasteiger partial charge >= 0.3 is 0 Å². The van der Waals surface area contributed by atoms with Crippen LogP contribution in [-0.2, 0) is 16.1 Å². The largest absolute Gasteiger partial charge is 0.364 e. The van der Waals surface area contributed by atoms with Gasteiger partial charge in [-0.05, 0) is 42.9 Å². The maximum absolute atomic E-state index is 12.9. The minimum Gasteiger partial charge on any atom is -0.364 e. The van der Waals surface area contributed by atoms with Gasteiger partial charge in [-0.1, -0.05) is 26.0 Å². The fourth-order valence-electron chi connectivity index (χ4n) is 5.18. The molecule has 0 radical (unpaired) electrons. The minimum absolute atomic E-state index is 0.00486. The minimum atomic E-state index is -0.662. The normalized spacial score (nSPS) is 41.9. The van der Waals surface area contributed by atoms with Crippen LogP contribution in [0.25, 0.3) is 0 Å². The summed E-state index contributed by atoms with van der Waals surface area (Å²) in [5.41, 5.74) is 0.322. The molecule has 1 aliphatic heterocycles. The lowest BCUT2D eigenvalue weighted by atomic mass is 9.66. The summed E-state index contributed by atoms with van der Waals surface area (Å²) in [6.07, 6.45) is 3.12. The fourth-order valence-corrected chi connectivity index (χ4v) is 5.18. The summed E-state index contributed by atoms with van der Waals surface area (Å²) in [4.78, 5) is 12.9. The first-order valence-corrected chi connectivity index (χ1v) is 8.08. The molecule has 4 heteroatoms. The Labute approximate surface area is 130 Å². The number of hydrogen-bond donors (Lipinski definition) is 1. The highest BCUT2D eigenvalue weighted by Crippen LogP contribution is 2.74.